The Morgan fingerprint density at radius 3 is 3.00 bits per heavy atom. The number of halogens is 2. The second kappa shape index (κ2) is 8.78. The Labute approximate surface area is 171 Å². The van der Waals surface area contributed by atoms with Crippen molar-refractivity contribution in [3.63, 3.8) is 0 Å². The number of amides is 1. The van der Waals surface area contributed by atoms with E-state index in [0.717, 1.165) is 5.70 Å². The average molecular weight is 419 g/mol. The van der Waals surface area contributed by atoms with Gasteiger partial charge in [0.25, 0.3) is 5.91 Å². The molecule has 3 aromatic rings. The van der Waals surface area contributed by atoms with E-state index in [-0.39, 0.29) is 22.8 Å². The monoisotopic (exact) mass is 418 g/mol. The van der Waals surface area contributed by atoms with Crippen LogP contribution in [0.5, 0.6) is 0 Å². The first-order chi connectivity index (χ1) is 13.9. The maximum Gasteiger partial charge on any atom is 0.273 e. The molecule has 0 radical (unpaired) electrons. The third-order valence-corrected chi connectivity index (χ3v) is 4.44. The molecule has 0 fully saturated rings. The normalized spacial score (nSPS) is 11.5. The lowest BCUT2D eigenvalue weighted by Gasteiger charge is -2.15. The van der Waals surface area contributed by atoms with E-state index in [9.17, 15) is 9.18 Å². The molecule has 3 heterocycles. The van der Waals surface area contributed by atoms with Gasteiger partial charge in [0.1, 0.15) is 11.8 Å². The van der Waals surface area contributed by atoms with Crippen LogP contribution >= 0.6 is 11.6 Å². The van der Waals surface area contributed by atoms with E-state index in [2.05, 4.69) is 27.2 Å². The molecule has 0 aliphatic rings. The van der Waals surface area contributed by atoms with Crippen molar-refractivity contribution in [2.24, 2.45) is 0 Å². The van der Waals surface area contributed by atoms with Crippen LogP contribution in [0.2, 0.25) is 5.02 Å². The first-order valence-corrected chi connectivity index (χ1v) is 9.04. The summed E-state index contributed by atoms with van der Waals surface area (Å²) in [5.41, 5.74) is 1.58. The number of hydrogen-bond acceptors (Lipinski definition) is 6. The Hall–Kier alpha value is -3.33. The molecular formula is C19H20ClFN6O2. The van der Waals surface area contributed by atoms with E-state index >= 15 is 0 Å². The fraction of sp³-hybridized carbons (Fsp3) is 0.211. The highest BCUT2D eigenvalue weighted by atomic mass is 35.5. The van der Waals surface area contributed by atoms with Crippen LogP contribution in [-0.2, 0) is 13.0 Å². The number of carbonyl (C=O) groups excluding carboxylic acids is 1. The SMILES string of the molecule is C=CN/C=C(/Cc1nc(C(=O)NCc2ncn3ccc(Cl)c(F)c23)co1)N(C)C. The smallest absolute Gasteiger partial charge is 0.273 e. The van der Waals surface area contributed by atoms with Crippen molar-refractivity contribution < 1.29 is 13.6 Å². The van der Waals surface area contributed by atoms with E-state index in [1.165, 1.54) is 23.1 Å². The van der Waals surface area contributed by atoms with Crippen molar-refractivity contribution in [3.8, 4) is 0 Å². The van der Waals surface area contributed by atoms with Crippen LogP contribution < -0.4 is 10.6 Å². The van der Waals surface area contributed by atoms with Gasteiger partial charge in [-0.2, -0.15) is 0 Å². The molecule has 10 heteroatoms. The fourth-order valence-electron chi connectivity index (χ4n) is 2.61. The van der Waals surface area contributed by atoms with Gasteiger partial charge in [0, 0.05) is 32.2 Å². The third-order valence-electron chi connectivity index (χ3n) is 4.14. The minimum Gasteiger partial charge on any atom is -0.448 e. The van der Waals surface area contributed by atoms with Crippen LogP contribution in [0.3, 0.4) is 0 Å². The Morgan fingerprint density at radius 2 is 2.28 bits per heavy atom. The van der Waals surface area contributed by atoms with E-state index in [1.807, 2.05) is 19.0 Å². The molecule has 1 amide bonds. The molecule has 0 aliphatic carbocycles. The molecule has 0 aromatic carbocycles. The summed E-state index contributed by atoms with van der Waals surface area (Å²) in [5, 5.41) is 5.56. The number of allylic oxidation sites excluding steroid dienone is 1. The summed E-state index contributed by atoms with van der Waals surface area (Å²) in [7, 11) is 3.77. The van der Waals surface area contributed by atoms with E-state index in [4.69, 9.17) is 16.0 Å². The van der Waals surface area contributed by atoms with Gasteiger partial charge in [0.05, 0.1) is 30.0 Å². The lowest BCUT2D eigenvalue weighted by molar-refractivity contribution is 0.0945. The van der Waals surface area contributed by atoms with Crippen molar-refractivity contribution in [2.45, 2.75) is 13.0 Å². The molecule has 0 atom stereocenters. The number of nitrogens with one attached hydrogen (secondary N) is 2. The topological polar surface area (TPSA) is 87.7 Å². The molecule has 0 saturated carbocycles. The molecule has 0 bridgehead atoms. The number of carbonyl (C=O) groups is 1. The lowest BCUT2D eigenvalue weighted by atomic mass is 10.3. The van der Waals surface area contributed by atoms with Crippen molar-refractivity contribution >= 4 is 23.0 Å². The largest absolute Gasteiger partial charge is 0.448 e. The van der Waals surface area contributed by atoms with Crippen LogP contribution in [0, 0.1) is 5.82 Å². The first kappa shape index (κ1) is 20.4. The van der Waals surface area contributed by atoms with Crippen LogP contribution in [0.1, 0.15) is 22.1 Å². The van der Waals surface area contributed by atoms with Crippen molar-refractivity contribution in [3.05, 3.63) is 77.6 Å². The highest BCUT2D eigenvalue weighted by Gasteiger charge is 2.17. The molecule has 0 saturated heterocycles. The van der Waals surface area contributed by atoms with Gasteiger partial charge in [0.15, 0.2) is 11.5 Å². The van der Waals surface area contributed by atoms with Crippen molar-refractivity contribution in [1.29, 1.82) is 0 Å². The second-order valence-corrected chi connectivity index (χ2v) is 6.72. The molecular weight excluding hydrogens is 399 g/mol. The Morgan fingerprint density at radius 1 is 1.48 bits per heavy atom. The van der Waals surface area contributed by atoms with Gasteiger partial charge >= 0.3 is 0 Å². The predicted molar refractivity (Wildman–Crippen MR) is 107 cm³/mol. The Bertz CT molecular complexity index is 1070. The van der Waals surface area contributed by atoms with Crippen LogP contribution in [0.15, 0.2) is 53.9 Å². The van der Waals surface area contributed by atoms with Gasteiger partial charge < -0.3 is 24.4 Å². The van der Waals surface area contributed by atoms with Gasteiger partial charge in [0.2, 0.25) is 5.89 Å². The number of fused-ring (bicyclic) bond motifs is 1. The maximum absolute atomic E-state index is 14.3. The number of hydrogen-bond donors (Lipinski definition) is 2. The zero-order valence-electron chi connectivity index (χ0n) is 15.9. The molecule has 0 aliphatic heterocycles. The van der Waals surface area contributed by atoms with Gasteiger partial charge in [-0.1, -0.05) is 18.2 Å². The van der Waals surface area contributed by atoms with Crippen molar-refractivity contribution in [1.82, 2.24) is 29.9 Å². The standard InChI is InChI=1S/C19H20ClFN6O2/c1-4-22-8-12(26(2)3)7-16-25-15(10-29-16)19(28)23-9-14-18-17(21)13(20)5-6-27(18)11-24-14/h4-6,8,10-11,22H,1,7,9H2,2-3H3,(H,23,28)/b12-8-. The van der Waals surface area contributed by atoms with Crippen LogP contribution in [0.4, 0.5) is 4.39 Å². The zero-order valence-corrected chi connectivity index (χ0v) is 16.7. The summed E-state index contributed by atoms with van der Waals surface area (Å²) in [6.45, 7) is 3.61. The average Bonchev–Trinajstić information content (AvgIpc) is 3.33. The summed E-state index contributed by atoms with van der Waals surface area (Å²) in [4.78, 5) is 22.6. The number of nitrogens with zero attached hydrogens (tertiary/aromatic N) is 4. The molecule has 3 rings (SSSR count). The number of oxazole rings is 1. The van der Waals surface area contributed by atoms with Gasteiger partial charge in [-0.3, -0.25) is 4.79 Å². The highest BCUT2D eigenvalue weighted by Crippen LogP contribution is 2.21. The zero-order chi connectivity index (χ0) is 21.0. The molecule has 152 valence electrons. The second-order valence-electron chi connectivity index (χ2n) is 6.31. The number of aromatic nitrogens is 3. The number of pyridine rings is 1. The third kappa shape index (κ3) is 4.57. The summed E-state index contributed by atoms with van der Waals surface area (Å²) in [5.74, 6) is -0.662. The number of likely N-dealkylation sites (N-methyl/N-ethyl adjacent to an activating group) is 1. The van der Waals surface area contributed by atoms with Crippen LogP contribution in [-0.4, -0.2) is 39.3 Å². The minimum absolute atomic E-state index is 0.0117. The summed E-state index contributed by atoms with van der Waals surface area (Å²) < 4.78 is 21.2. The summed E-state index contributed by atoms with van der Waals surface area (Å²) in [6, 6.07) is 1.44. The number of imidazole rings is 1. The van der Waals surface area contributed by atoms with Crippen molar-refractivity contribution in [2.75, 3.05) is 14.1 Å². The lowest BCUT2D eigenvalue weighted by Crippen LogP contribution is -2.23. The summed E-state index contributed by atoms with van der Waals surface area (Å²) >= 11 is 5.83. The first-order valence-electron chi connectivity index (χ1n) is 8.66. The Kier molecular flexibility index (Phi) is 6.18. The van der Waals surface area contributed by atoms with Gasteiger partial charge in [-0.05, 0) is 12.3 Å². The maximum atomic E-state index is 14.3. The summed E-state index contributed by atoms with van der Waals surface area (Å²) in [6.07, 6.45) is 8.03. The van der Waals surface area contributed by atoms with E-state index in [1.54, 1.807) is 18.6 Å². The molecule has 0 unspecified atom stereocenters. The fourth-order valence-corrected chi connectivity index (χ4v) is 2.76. The molecule has 3 aromatic heterocycles. The minimum atomic E-state index is -0.587. The van der Waals surface area contributed by atoms with Gasteiger partial charge in [-0.15, -0.1) is 0 Å². The molecule has 0 spiro atoms. The van der Waals surface area contributed by atoms with E-state index in [0.29, 0.717) is 18.0 Å². The number of rotatable bonds is 8. The quantitative estimate of drug-likeness (QED) is 0.585. The van der Waals surface area contributed by atoms with E-state index < -0.39 is 11.7 Å². The highest BCUT2D eigenvalue weighted by molar-refractivity contribution is 6.31. The molecule has 8 nitrogen and oxygen atoms in total. The van der Waals surface area contributed by atoms with Gasteiger partial charge in [-0.25, -0.2) is 14.4 Å². The van der Waals surface area contributed by atoms with Crippen LogP contribution in [0.25, 0.3) is 5.52 Å². The Balaban J connectivity index is 1.68. The molecule has 2 N–H and O–H groups in total. The molecule has 29 heavy (non-hydrogen) atoms. The predicted octanol–water partition coefficient (Wildman–Crippen LogP) is 2.72.